The van der Waals surface area contributed by atoms with E-state index in [9.17, 15) is 0 Å². The number of benzene rings is 3. The Balaban J connectivity index is 1.43. The summed E-state index contributed by atoms with van der Waals surface area (Å²) in [6.07, 6.45) is 1.70. The lowest BCUT2D eigenvalue weighted by Gasteiger charge is -2.08. The number of H-pyrrole nitrogens is 1. The van der Waals surface area contributed by atoms with Gasteiger partial charge in [-0.05, 0) is 66.7 Å². The number of ether oxygens (including phenoxy) is 2. The van der Waals surface area contributed by atoms with E-state index in [-0.39, 0.29) is 0 Å². The van der Waals surface area contributed by atoms with Gasteiger partial charge in [-0.25, -0.2) is 10.6 Å². The zero-order valence-electron chi connectivity index (χ0n) is 17.6. The first-order valence-corrected chi connectivity index (χ1v) is 10.6. The highest BCUT2D eigenvalue weighted by Gasteiger charge is 2.08. The van der Waals surface area contributed by atoms with Crippen molar-refractivity contribution in [3.05, 3.63) is 94.8 Å². The van der Waals surface area contributed by atoms with Crippen LogP contribution >= 0.6 is 12.2 Å². The monoisotopic (exact) mass is 445 g/mol. The molecule has 0 saturated heterocycles. The lowest BCUT2D eigenvalue weighted by Crippen LogP contribution is -2.10. The van der Waals surface area contributed by atoms with Gasteiger partial charge in [0.15, 0.2) is 5.82 Å². The van der Waals surface area contributed by atoms with Gasteiger partial charge in [0.05, 0.1) is 12.8 Å². The Labute approximate surface area is 191 Å². The molecular formula is C24H23N5O2S. The summed E-state index contributed by atoms with van der Waals surface area (Å²) in [6, 6.07) is 25.4. The fourth-order valence-corrected chi connectivity index (χ4v) is 3.21. The molecule has 4 aromatic rings. The maximum absolute atomic E-state index is 5.88. The van der Waals surface area contributed by atoms with Crippen molar-refractivity contribution in [2.75, 3.05) is 12.1 Å². The Hall–Kier alpha value is -3.91. The van der Waals surface area contributed by atoms with Crippen molar-refractivity contribution in [3.8, 4) is 22.9 Å². The summed E-state index contributed by atoms with van der Waals surface area (Å²) in [5, 5.41) is 11.4. The van der Waals surface area contributed by atoms with Gasteiger partial charge in [0.2, 0.25) is 4.77 Å². The zero-order valence-corrected chi connectivity index (χ0v) is 18.4. The third-order valence-corrected chi connectivity index (χ3v) is 4.85. The molecule has 0 unspecified atom stereocenters. The van der Waals surface area contributed by atoms with Crippen LogP contribution in [0.1, 0.15) is 18.1 Å². The van der Waals surface area contributed by atoms with Crippen molar-refractivity contribution in [2.24, 2.45) is 5.10 Å². The van der Waals surface area contributed by atoms with Gasteiger partial charge in [0, 0.05) is 5.56 Å². The van der Waals surface area contributed by atoms with Gasteiger partial charge in [-0.2, -0.15) is 14.9 Å². The Morgan fingerprint density at radius 3 is 2.59 bits per heavy atom. The normalized spacial score (nSPS) is 10.9. The van der Waals surface area contributed by atoms with Crippen molar-refractivity contribution >= 4 is 18.4 Å². The predicted molar refractivity (Wildman–Crippen MR) is 128 cm³/mol. The number of hydrazone groups is 1. The predicted octanol–water partition coefficient (Wildman–Crippen LogP) is 5.16. The van der Waals surface area contributed by atoms with Crippen LogP contribution in [0.3, 0.4) is 0 Å². The second-order valence-corrected chi connectivity index (χ2v) is 7.24. The van der Waals surface area contributed by atoms with Gasteiger partial charge in [-0.1, -0.05) is 42.5 Å². The molecule has 0 aliphatic heterocycles. The van der Waals surface area contributed by atoms with Gasteiger partial charge in [-0.3, -0.25) is 0 Å². The first-order valence-electron chi connectivity index (χ1n) is 10.2. The highest BCUT2D eigenvalue weighted by atomic mass is 32.1. The number of aromatic amines is 1. The average Bonchev–Trinajstić information content (AvgIpc) is 3.20. The first kappa shape index (κ1) is 21.3. The summed E-state index contributed by atoms with van der Waals surface area (Å²) in [5.41, 5.74) is 5.82. The molecule has 0 bridgehead atoms. The van der Waals surface area contributed by atoms with Gasteiger partial charge >= 0.3 is 0 Å². The number of aromatic nitrogens is 3. The Bertz CT molecular complexity index is 1230. The Kier molecular flexibility index (Phi) is 6.94. The number of hydrogen-bond donors (Lipinski definition) is 2. The lowest BCUT2D eigenvalue weighted by molar-refractivity contribution is 0.306. The van der Waals surface area contributed by atoms with Crippen LogP contribution in [-0.4, -0.2) is 27.7 Å². The van der Waals surface area contributed by atoms with Crippen molar-refractivity contribution in [2.45, 2.75) is 13.5 Å². The molecule has 0 saturated carbocycles. The summed E-state index contributed by atoms with van der Waals surface area (Å²) in [7, 11) is 0. The van der Waals surface area contributed by atoms with E-state index in [0.29, 0.717) is 23.8 Å². The van der Waals surface area contributed by atoms with Gasteiger partial charge in [0.25, 0.3) is 0 Å². The molecule has 162 valence electrons. The second kappa shape index (κ2) is 10.4. The number of nitrogens with zero attached hydrogens (tertiary/aromatic N) is 3. The van der Waals surface area contributed by atoms with Gasteiger partial charge < -0.3 is 9.47 Å². The second-order valence-electron chi connectivity index (χ2n) is 6.85. The highest BCUT2D eigenvalue weighted by Crippen LogP contribution is 2.20. The molecule has 8 heteroatoms. The van der Waals surface area contributed by atoms with E-state index >= 15 is 0 Å². The summed E-state index contributed by atoms with van der Waals surface area (Å²) in [4.78, 5) is 0. The lowest BCUT2D eigenvalue weighted by atomic mass is 10.2. The molecule has 7 nitrogen and oxygen atoms in total. The summed E-state index contributed by atoms with van der Waals surface area (Å²) >= 11 is 5.34. The van der Waals surface area contributed by atoms with E-state index in [4.69, 9.17) is 21.7 Å². The van der Waals surface area contributed by atoms with E-state index < -0.39 is 0 Å². The fourth-order valence-electron chi connectivity index (χ4n) is 3.04. The Morgan fingerprint density at radius 1 is 1.00 bits per heavy atom. The molecular weight excluding hydrogens is 422 g/mol. The Morgan fingerprint density at radius 2 is 1.81 bits per heavy atom. The first-order chi connectivity index (χ1) is 15.7. The third-order valence-electron chi connectivity index (χ3n) is 4.57. The molecule has 0 amide bonds. The molecule has 0 aliphatic carbocycles. The molecule has 0 atom stereocenters. The highest BCUT2D eigenvalue weighted by molar-refractivity contribution is 7.71. The van der Waals surface area contributed by atoms with Crippen LogP contribution in [0, 0.1) is 4.77 Å². The van der Waals surface area contributed by atoms with Crippen LogP contribution in [0.5, 0.6) is 11.5 Å². The molecule has 1 heterocycles. The van der Waals surface area contributed by atoms with E-state index in [0.717, 1.165) is 28.2 Å². The van der Waals surface area contributed by atoms with Crippen LogP contribution in [0.15, 0.2) is 84.0 Å². The van der Waals surface area contributed by atoms with Crippen molar-refractivity contribution < 1.29 is 9.47 Å². The van der Waals surface area contributed by atoms with Gasteiger partial charge in [-0.15, -0.1) is 0 Å². The zero-order chi connectivity index (χ0) is 22.2. The van der Waals surface area contributed by atoms with E-state index in [1.54, 1.807) is 10.9 Å². The van der Waals surface area contributed by atoms with E-state index in [2.05, 4.69) is 20.8 Å². The van der Waals surface area contributed by atoms with Crippen LogP contribution in [0.2, 0.25) is 0 Å². The minimum atomic E-state index is 0.408. The number of nitrogens with one attached hydrogen (secondary N) is 2. The topological polar surface area (TPSA) is 76.5 Å². The number of rotatable bonds is 9. The molecule has 0 radical (unpaired) electrons. The molecule has 1 aromatic heterocycles. The number of hydrogen-bond acceptors (Lipinski definition) is 6. The third kappa shape index (κ3) is 5.41. The quantitative estimate of drug-likeness (QED) is 0.211. The summed E-state index contributed by atoms with van der Waals surface area (Å²) < 4.78 is 13.4. The molecule has 3 aromatic carbocycles. The molecule has 0 fully saturated rings. The maximum Gasteiger partial charge on any atom is 0.216 e. The maximum atomic E-state index is 5.88. The van der Waals surface area contributed by atoms with Crippen molar-refractivity contribution in [1.29, 1.82) is 0 Å². The van der Waals surface area contributed by atoms with Crippen LogP contribution in [0.4, 0.5) is 0 Å². The summed E-state index contributed by atoms with van der Waals surface area (Å²) in [5.74, 6) is 2.19. The van der Waals surface area contributed by atoms with Crippen LogP contribution in [-0.2, 0) is 6.61 Å². The van der Waals surface area contributed by atoms with Crippen molar-refractivity contribution in [1.82, 2.24) is 14.9 Å². The SMILES string of the molecule is CCOc1ccc(-c2n[nH]c(=S)n2NN=Cc2cccc(OCc3ccccc3)c2)cc1. The molecule has 0 aliphatic rings. The average molecular weight is 446 g/mol. The minimum Gasteiger partial charge on any atom is -0.494 e. The standard InChI is InChI=1S/C24H23N5O2S/c1-2-30-21-13-11-20(12-14-21)23-26-27-24(32)29(23)28-25-16-19-9-6-10-22(15-19)31-17-18-7-4-3-5-8-18/h3-16,28H,2,17H2,1H3,(H,27,32). The van der Waals surface area contributed by atoms with E-state index in [1.807, 2.05) is 85.8 Å². The molecule has 2 N–H and O–H groups in total. The molecule has 32 heavy (non-hydrogen) atoms. The smallest absolute Gasteiger partial charge is 0.216 e. The fraction of sp³-hybridized carbons (Fsp3) is 0.125. The van der Waals surface area contributed by atoms with E-state index in [1.165, 1.54) is 0 Å². The minimum absolute atomic E-state index is 0.408. The van der Waals surface area contributed by atoms with Crippen LogP contribution < -0.4 is 15.0 Å². The van der Waals surface area contributed by atoms with Gasteiger partial charge in [0.1, 0.15) is 18.1 Å². The largest absolute Gasteiger partial charge is 0.494 e. The van der Waals surface area contributed by atoms with Crippen LogP contribution in [0.25, 0.3) is 11.4 Å². The van der Waals surface area contributed by atoms with Crippen molar-refractivity contribution in [3.63, 3.8) is 0 Å². The molecule has 0 spiro atoms. The molecule has 4 rings (SSSR count). The summed E-state index contributed by atoms with van der Waals surface area (Å²) in [6.45, 7) is 3.08.